The molecule has 0 saturated heterocycles. The molecule has 1 rings (SSSR count). The summed E-state index contributed by atoms with van der Waals surface area (Å²) < 4.78 is 0. The van der Waals surface area contributed by atoms with Crippen molar-refractivity contribution in [3.63, 3.8) is 0 Å². The molecule has 0 aliphatic rings. The Bertz CT molecular complexity index is 492. The third-order valence-corrected chi connectivity index (χ3v) is 3.40. The maximum Gasteiger partial charge on any atom is 0.246 e. The lowest BCUT2D eigenvalue weighted by molar-refractivity contribution is -0.128. The van der Waals surface area contributed by atoms with Crippen molar-refractivity contribution >= 4 is 29.9 Å². The Balaban J connectivity index is 0.00000484. The zero-order chi connectivity index (χ0) is 16.7. The van der Waals surface area contributed by atoms with Gasteiger partial charge in [0.1, 0.15) is 6.04 Å². The van der Waals surface area contributed by atoms with Gasteiger partial charge < -0.3 is 16.4 Å². The molecule has 5 nitrogen and oxygen atoms in total. The number of anilines is 1. The Hall–Kier alpha value is -1.59. The zero-order valence-electron chi connectivity index (χ0n) is 14.2. The Morgan fingerprint density at radius 3 is 2.09 bits per heavy atom. The molecule has 0 heterocycles. The van der Waals surface area contributed by atoms with E-state index < -0.39 is 12.1 Å². The van der Waals surface area contributed by atoms with Gasteiger partial charge in [-0.05, 0) is 30.4 Å². The second-order valence-corrected chi connectivity index (χ2v) is 6.32. The third-order valence-electron chi connectivity index (χ3n) is 3.40. The molecule has 1 aromatic rings. The highest BCUT2D eigenvalue weighted by Gasteiger charge is 2.25. The topological polar surface area (TPSA) is 84.2 Å². The standard InChI is InChI=1S/C17H27N3O2.ClH/c1-11(2)10-14(20-17(22)15(18)12(3)4)16(21)19-13-8-6-5-7-9-13;/h5-9,11-12,14-15H,10,18H2,1-4H3,(H,19,21)(H,20,22);1H. The average molecular weight is 342 g/mol. The van der Waals surface area contributed by atoms with Crippen LogP contribution in [0, 0.1) is 11.8 Å². The minimum absolute atomic E-state index is 0. The third kappa shape index (κ3) is 7.48. The number of rotatable bonds is 7. The van der Waals surface area contributed by atoms with Crippen LogP contribution in [0.1, 0.15) is 34.1 Å². The maximum atomic E-state index is 12.4. The number of halogens is 1. The van der Waals surface area contributed by atoms with Crippen molar-refractivity contribution in [3.8, 4) is 0 Å². The molecule has 0 saturated carbocycles. The van der Waals surface area contributed by atoms with E-state index in [2.05, 4.69) is 10.6 Å². The van der Waals surface area contributed by atoms with E-state index in [-0.39, 0.29) is 36.1 Å². The van der Waals surface area contributed by atoms with Gasteiger partial charge in [0, 0.05) is 5.69 Å². The second kappa shape index (κ2) is 10.2. The van der Waals surface area contributed by atoms with Crippen molar-refractivity contribution in [1.29, 1.82) is 0 Å². The number of benzene rings is 1. The number of para-hydroxylation sites is 1. The van der Waals surface area contributed by atoms with Crippen LogP contribution in [0.5, 0.6) is 0 Å². The molecule has 1 aromatic carbocycles. The van der Waals surface area contributed by atoms with Gasteiger partial charge in [0.15, 0.2) is 0 Å². The number of carbonyl (C=O) groups is 2. The lowest BCUT2D eigenvalue weighted by atomic mass is 10.0. The van der Waals surface area contributed by atoms with Crippen molar-refractivity contribution < 1.29 is 9.59 Å². The Labute approximate surface area is 144 Å². The fourth-order valence-electron chi connectivity index (χ4n) is 2.02. The molecule has 130 valence electrons. The normalized spacial score (nSPS) is 13.2. The largest absolute Gasteiger partial charge is 0.343 e. The Morgan fingerprint density at radius 1 is 1.04 bits per heavy atom. The van der Waals surface area contributed by atoms with Gasteiger partial charge in [0.05, 0.1) is 6.04 Å². The van der Waals surface area contributed by atoms with Crippen LogP contribution in [0.3, 0.4) is 0 Å². The number of nitrogens with one attached hydrogen (secondary N) is 2. The van der Waals surface area contributed by atoms with Crippen LogP contribution in [0.25, 0.3) is 0 Å². The van der Waals surface area contributed by atoms with Gasteiger partial charge >= 0.3 is 0 Å². The van der Waals surface area contributed by atoms with Crippen LogP contribution in [0.15, 0.2) is 30.3 Å². The van der Waals surface area contributed by atoms with Crippen LogP contribution in [0.4, 0.5) is 5.69 Å². The van der Waals surface area contributed by atoms with Crippen molar-refractivity contribution in [1.82, 2.24) is 5.32 Å². The SMILES string of the molecule is CC(C)CC(NC(=O)C(N)C(C)C)C(=O)Nc1ccccc1.Cl. The summed E-state index contributed by atoms with van der Waals surface area (Å²) in [6, 6.07) is 8.00. The first-order chi connectivity index (χ1) is 10.3. The molecule has 2 amide bonds. The summed E-state index contributed by atoms with van der Waals surface area (Å²) in [5.74, 6) is -0.202. The van der Waals surface area contributed by atoms with Gasteiger partial charge in [-0.15, -0.1) is 12.4 Å². The number of hydrogen-bond acceptors (Lipinski definition) is 3. The second-order valence-electron chi connectivity index (χ2n) is 6.32. The molecule has 0 bridgehead atoms. The van der Waals surface area contributed by atoms with E-state index in [0.29, 0.717) is 12.1 Å². The minimum Gasteiger partial charge on any atom is -0.343 e. The summed E-state index contributed by atoms with van der Waals surface area (Å²) in [5, 5.41) is 5.60. The van der Waals surface area contributed by atoms with Crippen molar-refractivity contribution in [2.24, 2.45) is 17.6 Å². The van der Waals surface area contributed by atoms with Crippen molar-refractivity contribution in [3.05, 3.63) is 30.3 Å². The number of carbonyl (C=O) groups excluding carboxylic acids is 2. The average Bonchev–Trinajstić information content (AvgIpc) is 2.46. The minimum atomic E-state index is -0.612. The number of hydrogen-bond donors (Lipinski definition) is 3. The van der Waals surface area contributed by atoms with Crippen molar-refractivity contribution in [2.75, 3.05) is 5.32 Å². The molecule has 2 atom stereocenters. The maximum absolute atomic E-state index is 12.4. The van der Waals surface area contributed by atoms with Crippen LogP contribution >= 0.6 is 12.4 Å². The van der Waals surface area contributed by atoms with E-state index in [1.165, 1.54) is 0 Å². The predicted molar refractivity (Wildman–Crippen MR) is 96.5 cm³/mol. The summed E-state index contributed by atoms with van der Waals surface area (Å²) in [4.78, 5) is 24.5. The molecule has 6 heteroatoms. The summed E-state index contributed by atoms with van der Waals surface area (Å²) in [6.07, 6.45) is 0.565. The van der Waals surface area contributed by atoms with Gasteiger partial charge in [-0.1, -0.05) is 45.9 Å². The lowest BCUT2D eigenvalue weighted by Gasteiger charge is -2.23. The van der Waals surface area contributed by atoms with Gasteiger partial charge in [0.2, 0.25) is 11.8 Å². The van der Waals surface area contributed by atoms with E-state index >= 15 is 0 Å². The molecular weight excluding hydrogens is 314 g/mol. The van der Waals surface area contributed by atoms with E-state index in [9.17, 15) is 9.59 Å². The van der Waals surface area contributed by atoms with E-state index in [4.69, 9.17) is 5.73 Å². The van der Waals surface area contributed by atoms with E-state index in [0.717, 1.165) is 0 Å². The summed E-state index contributed by atoms with van der Waals surface area (Å²) >= 11 is 0. The first-order valence-corrected chi connectivity index (χ1v) is 7.73. The molecule has 0 aliphatic heterocycles. The first-order valence-electron chi connectivity index (χ1n) is 7.73. The van der Waals surface area contributed by atoms with Gasteiger partial charge in [-0.2, -0.15) is 0 Å². The smallest absolute Gasteiger partial charge is 0.246 e. The molecule has 0 spiro atoms. The molecule has 0 aliphatic carbocycles. The molecule has 0 radical (unpaired) electrons. The predicted octanol–water partition coefficient (Wildman–Crippen LogP) is 2.56. The lowest BCUT2D eigenvalue weighted by Crippen LogP contribution is -2.52. The monoisotopic (exact) mass is 341 g/mol. The first kappa shape index (κ1) is 21.4. The van der Waals surface area contributed by atoms with E-state index in [1.54, 1.807) is 0 Å². The van der Waals surface area contributed by atoms with Crippen molar-refractivity contribution in [2.45, 2.75) is 46.2 Å². The quantitative estimate of drug-likeness (QED) is 0.712. The fraction of sp³-hybridized carbons (Fsp3) is 0.529. The highest BCUT2D eigenvalue weighted by Crippen LogP contribution is 2.11. The van der Waals surface area contributed by atoms with Crippen LogP contribution in [-0.2, 0) is 9.59 Å². The Morgan fingerprint density at radius 2 is 1.61 bits per heavy atom. The molecule has 0 fully saturated rings. The number of amides is 2. The zero-order valence-corrected chi connectivity index (χ0v) is 15.0. The number of nitrogens with two attached hydrogens (primary N) is 1. The van der Waals surface area contributed by atoms with E-state index in [1.807, 2.05) is 58.0 Å². The highest BCUT2D eigenvalue weighted by molar-refractivity contribution is 5.97. The Kier molecular flexibility index (Phi) is 9.53. The summed E-state index contributed by atoms with van der Waals surface area (Å²) in [5.41, 5.74) is 6.56. The van der Waals surface area contributed by atoms with Gasteiger partial charge in [-0.3, -0.25) is 9.59 Å². The fourth-order valence-corrected chi connectivity index (χ4v) is 2.02. The molecule has 4 N–H and O–H groups in total. The van der Waals surface area contributed by atoms with Crippen LogP contribution in [0.2, 0.25) is 0 Å². The molecule has 23 heavy (non-hydrogen) atoms. The summed E-state index contributed by atoms with van der Waals surface area (Å²) in [7, 11) is 0. The van der Waals surface area contributed by atoms with Gasteiger partial charge in [-0.25, -0.2) is 0 Å². The van der Waals surface area contributed by atoms with Crippen LogP contribution in [-0.4, -0.2) is 23.9 Å². The molecular formula is C17H28ClN3O2. The van der Waals surface area contributed by atoms with Gasteiger partial charge in [0.25, 0.3) is 0 Å². The summed E-state index contributed by atoms with van der Waals surface area (Å²) in [6.45, 7) is 7.78. The highest BCUT2D eigenvalue weighted by atomic mass is 35.5. The van der Waals surface area contributed by atoms with Crippen LogP contribution < -0.4 is 16.4 Å². The molecule has 0 aromatic heterocycles. The molecule has 2 unspecified atom stereocenters.